The Bertz CT molecular complexity index is 1440. The molecule has 0 saturated heterocycles. The topological polar surface area (TPSA) is 112 Å². The van der Waals surface area contributed by atoms with Crippen LogP contribution in [0, 0.1) is 13.8 Å². The number of rotatable bonds is 8. The minimum Gasteiger partial charge on any atom is -0.320 e. The number of anilines is 2. The fourth-order valence-electron chi connectivity index (χ4n) is 4.24. The molecule has 2 amide bonds. The maximum Gasteiger partial charge on any atom is 0.295 e. The van der Waals surface area contributed by atoms with Crippen LogP contribution >= 0.6 is 0 Å². The third kappa shape index (κ3) is 5.04. The molecule has 10 nitrogen and oxygen atoms in total. The van der Waals surface area contributed by atoms with Crippen LogP contribution in [-0.2, 0) is 23.7 Å². The van der Waals surface area contributed by atoms with Crippen LogP contribution < -0.4 is 21.8 Å². The first-order valence-corrected chi connectivity index (χ1v) is 12.0. The maximum atomic E-state index is 13.0. The molecule has 0 bridgehead atoms. The van der Waals surface area contributed by atoms with E-state index in [4.69, 9.17) is 0 Å². The summed E-state index contributed by atoms with van der Waals surface area (Å²) in [4.78, 5) is 51.1. The number of hydrogen-bond donors (Lipinski definition) is 2. The standard InChI is InChI=1S/C27H30N6O4/c1-18-24(26(36)32(30(18)3)20-12-7-5-8-13-20)28-22(34)16-11-17-23(35)29-25-19(2)31(4)33(27(25)37)21-14-9-6-10-15-21/h5-10,12-15H,11,16-17H2,1-4H3,(H,28,34)(H,29,35). The van der Waals surface area contributed by atoms with E-state index in [1.165, 1.54) is 9.36 Å². The van der Waals surface area contributed by atoms with E-state index >= 15 is 0 Å². The maximum absolute atomic E-state index is 13.0. The van der Waals surface area contributed by atoms with Gasteiger partial charge < -0.3 is 10.6 Å². The molecular formula is C27H30N6O4. The molecule has 0 atom stereocenters. The number of hydrogen-bond acceptors (Lipinski definition) is 4. The molecule has 0 aliphatic heterocycles. The van der Waals surface area contributed by atoms with Crippen LogP contribution in [0.4, 0.5) is 11.4 Å². The van der Waals surface area contributed by atoms with Crippen molar-refractivity contribution in [1.82, 2.24) is 18.7 Å². The average molecular weight is 503 g/mol. The van der Waals surface area contributed by atoms with Gasteiger partial charge in [-0.15, -0.1) is 0 Å². The molecule has 4 rings (SSSR count). The third-order valence-corrected chi connectivity index (χ3v) is 6.44. The first kappa shape index (κ1) is 25.5. The molecule has 0 spiro atoms. The second-order valence-corrected chi connectivity index (χ2v) is 8.82. The van der Waals surface area contributed by atoms with Crippen molar-refractivity contribution in [2.24, 2.45) is 14.1 Å². The molecule has 10 heteroatoms. The molecule has 0 radical (unpaired) electrons. The van der Waals surface area contributed by atoms with Crippen LogP contribution in [0.3, 0.4) is 0 Å². The number of nitrogens with zero attached hydrogens (tertiary/aromatic N) is 4. The average Bonchev–Trinajstić information content (AvgIpc) is 3.23. The minimum absolute atomic E-state index is 0.0501. The van der Waals surface area contributed by atoms with E-state index in [1.54, 1.807) is 37.3 Å². The van der Waals surface area contributed by atoms with E-state index in [9.17, 15) is 19.2 Å². The van der Waals surface area contributed by atoms with Gasteiger partial charge in [0.2, 0.25) is 11.8 Å². The molecule has 0 aliphatic rings. The van der Waals surface area contributed by atoms with E-state index in [1.807, 2.05) is 60.7 Å². The second-order valence-electron chi connectivity index (χ2n) is 8.82. The quantitative estimate of drug-likeness (QED) is 0.386. The highest BCUT2D eigenvalue weighted by atomic mass is 16.2. The fraction of sp³-hybridized carbons (Fsp3) is 0.259. The molecule has 2 aromatic carbocycles. The number of carbonyl (C=O) groups is 2. The largest absolute Gasteiger partial charge is 0.320 e. The molecule has 192 valence electrons. The number of nitrogens with one attached hydrogen (secondary N) is 2. The summed E-state index contributed by atoms with van der Waals surface area (Å²) in [6, 6.07) is 18.3. The van der Waals surface area contributed by atoms with Gasteiger partial charge in [-0.1, -0.05) is 36.4 Å². The predicted octanol–water partition coefficient (Wildman–Crippen LogP) is 3.03. The van der Waals surface area contributed by atoms with Crippen molar-refractivity contribution in [3.63, 3.8) is 0 Å². The van der Waals surface area contributed by atoms with Crippen molar-refractivity contribution in [3.8, 4) is 11.4 Å². The smallest absolute Gasteiger partial charge is 0.295 e. The van der Waals surface area contributed by atoms with Crippen LogP contribution in [0.2, 0.25) is 0 Å². The summed E-state index contributed by atoms with van der Waals surface area (Å²) in [5.74, 6) is -0.720. The van der Waals surface area contributed by atoms with Crippen LogP contribution in [0.5, 0.6) is 0 Å². The Morgan fingerprint density at radius 1 is 0.649 bits per heavy atom. The summed E-state index contributed by atoms with van der Waals surface area (Å²) in [7, 11) is 3.50. The summed E-state index contributed by atoms with van der Waals surface area (Å²) >= 11 is 0. The number of carbonyl (C=O) groups excluding carboxylic acids is 2. The zero-order valence-corrected chi connectivity index (χ0v) is 21.3. The van der Waals surface area contributed by atoms with Crippen LogP contribution in [0.25, 0.3) is 11.4 Å². The van der Waals surface area contributed by atoms with Crippen LogP contribution in [-0.4, -0.2) is 30.5 Å². The molecule has 2 aromatic heterocycles. The number of amides is 2. The second kappa shape index (κ2) is 10.6. The van der Waals surface area contributed by atoms with Crippen molar-refractivity contribution < 1.29 is 9.59 Å². The Balaban J connectivity index is 1.38. The minimum atomic E-state index is -0.360. The van der Waals surface area contributed by atoms with Crippen molar-refractivity contribution in [2.45, 2.75) is 33.1 Å². The third-order valence-electron chi connectivity index (χ3n) is 6.44. The SMILES string of the molecule is Cc1c(NC(=O)CCCC(=O)Nc2c(C)n(C)n(-c3ccccc3)c2=O)c(=O)n(-c2ccccc2)n1C. The van der Waals surface area contributed by atoms with Gasteiger partial charge in [-0.3, -0.25) is 28.5 Å². The highest BCUT2D eigenvalue weighted by molar-refractivity contribution is 5.93. The molecule has 2 heterocycles. The van der Waals surface area contributed by atoms with Crippen LogP contribution in [0.15, 0.2) is 70.3 Å². The Hall–Kier alpha value is -4.60. The van der Waals surface area contributed by atoms with E-state index in [-0.39, 0.29) is 53.6 Å². The summed E-state index contributed by atoms with van der Waals surface area (Å²) < 4.78 is 6.35. The molecular weight excluding hydrogens is 472 g/mol. The molecule has 0 aliphatic carbocycles. The summed E-state index contributed by atoms with van der Waals surface area (Å²) in [5.41, 5.74) is 2.39. The van der Waals surface area contributed by atoms with Crippen molar-refractivity contribution in [3.05, 3.63) is 92.8 Å². The molecule has 4 aromatic rings. The lowest BCUT2D eigenvalue weighted by Gasteiger charge is -2.07. The highest BCUT2D eigenvalue weighted by Gasteiger charge is 2.20. The lowest BCUT2D eigenvalue weighted by Crippen LogP contribution is -2.23. The van der Waals surface area contributed by atoms with E-state index < -0.39 is 0 Å². The lowest BCUT2D eigenvalue weighted by atomic mass is 10.2. The first-order valence-electron chi connectivity index (χ1n) is 12.0. The van der Waals surface area contributed by atoms with Gasteiger partial charge in [0.25, 0.3) is 11.1 Å². The van der Waals surface area contributed by atoms with Gasteiger partial charge in [0, 0.05) is 26.9 Å². The van der Waals surface area contributed by atoms with Gasteiger partial charge in [0.05, 0.1) is 22.8 Å². The van der Waals surface area contributed by atoms with Crippen molar-refractivity contribution in [1.29, 1.82) is 0 Å². The Morgan fingerprint density at radius 2 is 1.00 bits per heavy atom. The van der Waals surface area contributed by atoms with E-state index in [0.29, 0.717) is 22.8 Å². The highest BCUT2D eigenvalue weighted by Crippen LogP contribution is 2.16. The first-order chi connectivity index (χ1) is 17.7. The Labute approximate surface area is 213 Å². The predicted molar refractivity (Wildman–Crippen MR) is 143 cm³/mol. The summed E-state index contributed by atoms with van der Waals surface area (Å²) in [6.45, 7) is 3.52. The van der Waals surface area contributed by atoms with Crippen molar-refractivity contribution >= 4 is 23.2 Å². The number of aromatic nitrogens is 4. The number of benzene rings is 2. The van der Waals surface area contributed by atoms with E-state index in [2.05, 4.69) is 10.6 Å². The normalized spacial score (nSPS) is 10.9. The summed E-state index contributed by atoms with van der Waals surface area (Å²) in [5, 5.41) is 5.40. The molecule has 37 heavy (non-hydrogen) atoms. The van der Waals surface area contributed by atoms with Gasteiger partial charge in [0.15, 0.2) is 0 Å². The van der Waals surface area contributed by atoms with Crippen LogP contribution in [0.1, 0.15) is 30.7 Å². The van der Waals surface area contributed by atoms with Gasteiger partial charge >= 0.3 is 0 Å². The van der Waals surface area contributed by atoms with Crippen molar-refractivity contribution in [2.75, 3.05) is 10.6 Å². The zero-order valence-electron chi connectivity index (χ0n) is 21.3. The van der Waals surface area contributed by atoms with E-state index in [0.717, 1.165) is 0 Å². The fourth-order valence-corrected chi connectivity index (χ4v) is 4.24. The van der Waals surface area contributed by atoms with Gasteiger partial charge in [-0.25, -0.2) is 9.36 Å². The lowest BCUT2D eigenvalue weighted by molar-refractivity contribution is -0.117. The monoisotopic (exact) mass is 502 g/mol. The molecule has 0 saturated carbocycles. The zero-order chi connectivity index (χ0) is 26.7. The molecule has 0 unspecified atom stereocenters. The Morgan fingerprint density at radius 3 is 1.35 bits per heavy atom. The Kier molecular flexibility index (Phi) is 7.28. The van der Waals surface area contributed by atoms with Gasteiger partial charge in [-0.05, 0) is 44.5 Å². The number of para-hydroxylation sites is 2. The van der Waals surface area contributed by atoms with Gasteiger partial charge in [-0.2, -0.15) is 0 Å². The molecule has 2 N–H and O–H groups in total. The molecule has 0 fully saturated rings. The van der Waals surface area contributed by atoms with Gasteiger partial charge in [0.1, 0.15) is 11.4 Å². The summed E-state index contributed by atoms with van der Waals surface area (Å²) in [6.07, 6.45) is 0.359.